The molecule has 0 amide bonds. The van der Waals surface area contributed by atoms with Crippen molar-refractivity contribution in [1.82, 2.24) is 0 Å². The summed E-state index contributed by atoms with van der Waals surface area (Å²) in [6, 6.07) is 0. The van der Waals surface area contributed by atoms with E-state index in [1.54, 1.807) is 0 Å². The molecule has 0 saturated carbocycles. The third-order valence-electron chi connectivity index (χ3n) is 2.90. The van der Waals surface area contributed by atoms with Crippen molar-refractivity contribution in [3.8, 4) is 0 Å². The van der Waals surface area contributed by atoms with Gasteiger partial charge in [0.05, 0.1) is 5.76 Å². The second-order valence-corrected chi connectivity index (χ2v) is 4.56. The number of rotatable bonds is 1. The highest BCUT2D eigenvalue weighted by atomic mass is 16.3. The summed E-state index contributed by atoms with van der Waals surface area (Å²) in [5, 5.41) is 9.81. The molecule has 12 heavy (non-hydrogen) atoms. The Morgan fingerprint density at radius 3 is 2.50 bits per heavy atom. The quantitative estimate of drug-likeness (QED) is 0.635. The Balaban J connectivity index is 2.81. The maximum atomic E-state index is 9.81. The van der Waals surface area contributed by atoms with Crippen LogP contribution in [0.3, 0.4) is 0 Å². The van der Waals surface area contributed by atoms with Gasteiger partial charge in [0.25, 0.3) is 0 Å². The topological polar surface area (TPSA) is 20.2 Å². The van der Waals surface area contributed by atoms with Crippen molar-refractivity contribution in [1.29, 1.82) is 0 Å². The van der Waals surface area contributed by atoms with Gasteiger partial charge in [0.15, 0.2) is 0 Å². The average molecular weight is 168 g/mol. The molecule has 0 spiro atoms. The van der Waals surface area contributed by atoms with E-state index in [0.717, 1.165) is 18.8 Å². The van der Waals surface area contributed by atoms with Gasteiger partial charge in [0.1, 0.15) is 0 Å². The van der Waals surface area contributed by atoms with Crippen LogP contribution in [0.4, 0.5) is 0 Å². The molecule has 70 valence electrons. The van der Waals surface area contributed by atoms with Crippen molar-refractivity contribution in [2.45, 2.75) is 40.5 Å². The monoisotopic (exact) mass is 168 g/mol. The van der Waals surface area contributed by atoms with E-state index in [4.69, 9.17) is 0 Å². The second-order valence-electron chi connectivity index (χ2n) is 4.56. The van der Waals surface area contributed by atoms with Crippen LogP contribution in [0.5, 0.6) is 0 Å². The lowest BCUT2D eigenvalue weighted by atomic mass is 9.77. The fourth-order valence-electron chi connectivity index (χ4n) is 2.16. The summed E-state index contributed by atoms with van der Waals surface area (Å²) in [7, 11) is 0. The van der Waals surface area contributed by atoms with E-state index in [-0.39, 0.29) is 0 Å². The van der Waals surface area contributed by atoms with Crippen LogP contribution >= 0.6 is 0 Å². The molecule has 0 bridgehead atoms. The molecule has 1 nitrogen and oxygen atoms in total. The lowest BCUT2D eigenvalue weighted by molar-refractivity contribution is 0.218. The Kier molecular flexibility index (Phi) is 2.81. The maximum absolute atomic E-state index is 9.81. The third-order valence-corrected chi connectivity index (χ3v) is 2.90. The van der Waals surface area contributed by atoms with Crippen molar-refractivity contribution < 1.29 is 5.11 Å². The Hall–Kier alpha value is -0.460. The van der Waals surface area contributed by atoms with Crippen LogP contribution in [0.15, 0.2) is 11.3 Å². The van der Waals surface area contributed by atoms with Gasteiger partial charge in [0.2, 0.25) is 0 Å². The normalized spacial score (nSPS) is 31.4. The average Bonchev–Trinajstić information content (AvgIpc) is 1.96. The van der Waals surface area contributed by atoms with Crippen molar-refractivity contribution >= 4 is 0 Å². The van der Waals surface area contributed by atoms with Gasteiger partial charge >= 0.3 is 0 Å². The zero-order valence-corrected chi connectivity index (χ0v) is 8.59. The minimum absolute atomic E-state index is 0.411. The van der Waals surface area contributed by atoms with E-state index in [0.29, 0.717) is 17.6 Å². The molecule has 0 radical (unpaired) electrons. The van der Waals surface area contributed by atoms with E-state index < -0.39 is 0 Å². The van der Waals surface area contributed by atoms with Gasteiger partial charge in [0, 0.05) is 5.92 Å². The predicted octanol–water partition coefficient (Wildman–Crippen LogP) is 3.52. The van der Waals surface area contributed by atoms with Gasteiger partial charge in [-0.3, -0.25) is 0 Å². The standard InChI is InChI=1S/C11H20O/c1-7(2)10-6-8(3)5-9(4)11(10)12/h7-8,10,12H,5-6H2,1-4H3. The van der Waals surface area contributed by atoms with Crippen molar-refractivity contribution in [3.63, 3.8) is 0 Å². The molecule has 1 N–H and O–H groups in total. The van der Waals surface area contributed by atoms with Crippen LogP contribution in [0.25, 0.3) is 0 Å². The van der Waals surface area contributed by atoms with Crippen molar-refractivity contribution in [2.24, 2.45) is 17.8 Å². The first-order valence-electron chi connectivity index (χ1n) is 4.91. The minimum Gasteiger partial charge on any atom is -0.512 e. The van der Waals surface area contributed by atoms with Crippen molar-refractivity contribution in [2.75, 3.05) is 0 Å². The number of hydrogen-bond donors (Lipinski definition) is 1. The molecule has 0 heterocycles. The second kappa shape index (κ2) is 3.51. The fraction of sp³-hybridized carbons (Fsp3) is 0.818. The molecule has 2 unspecified atom stereocenters. The molecule has 0 saturated heterocycles. The zero-order valence-electron chi connectivity index (χ0n) is 8.59. The minimum atomic E-state index is 0.411. The summed E-state index contributed by atoms with van der Waals surface area (Å²) in [5.74, 6) is 2.40. The molecule has 0 aromatic heterocycles. The first kappa shape index (κ1) is 9.63. The van der Waals surface area contributed by atoms with E-state index >= 15 is 0 Å². The predicted molar refractivity (Wildman–Crippen MR) is 52.1 cm³/mol. The lowest BCUT2D eigenvalue weighted by Crippen LogP contribution is -2.21. The number of aliphatic hydroxyl groups excluding tert-OH is 1. The van der Waals surface area contributed by atoms with E-state index in [9.17, 15) is 5.11 Å². The Labute approximate surface area is 75.5 Å². The summed E-state index contributed by atoms with van der Waals surface area (Å²) in [6.07, 6.45) is 2.23. The number of aliphatic hydroxyl groups is 1. The highest BCUT2D eigenvalue weighted by Gasteiger charge is 2.26. The zero-order chi connectivity index (χ0) is 9.30. The maximum Gasteiger partial charge on any atom is 0.0945 e. The molecule has 1 rings (SSSR count). The van der Waals surface area contributed by atoms with Crippen LogP contribution in [0, 0.1) is 17.8 Å². The Morgan fingerprint density at radius 2 is 2.00 bits per heavy atom. The van der Waals surface area contributed by atoms with Gasteiger partial charge < -0.3 is 5.11 Å². The van der Waals surface area contributed by atoms with Gasteiger partial charge in [-0.1, -0.05) is 20.8 Å². The van der Waals surface area contributed by atoms with Gasteiger partial charge in [-0.05, 0) is 37.2 Å². The molecule has 1 aliphatic rings. The van der Waals surface area contributed by atoms with Crippen LogP contribution in [0.2, 0.25) is 0 Å². The van der Waals surface area contributed by atoms with Crippen LogP contribution in [0.1, 0.15) is 40.5 Å². The van der Waals surface area contributed by atoms with Crippen LogP contribution in [-0.4, -0.2) is 5.11 Å². The Bertz CT molecular complexity index is 191. The summed E-state index contributed by atoms with van der Waals surface area (Å²) in [4.78, 5) is 0. The smallest absolute Gasteiger partial charge is 0.0945 e. The molecule has 0 aromatic carbocycles. The first-order valence-corrected chi connectivity index (χ1v) is 4.91. The SMILES string of the molecule is CC1=C(O)C(C(C)C)CC(C)C1. The highest BCUT2D eigenvalue weighted by molar-refractivity contribution is 5.13. The molecule has 1 heteroatoms. The largest absolute Gasteiger partial charge is 0.512 e. The molecule has 1 aliphatic carbocycles. The molecular weight excluding hydrogens is 148 g/mol. The van der Waals surface area contributed by atoms with Gasteiger partial charge in [-0.2, -0.15) is 0 Å². The molecule has 0 fully saturated rings. The highest BCUT2D eigenvalue weighted by Crippen LogP contribution is 2.36. The first-order chi connectivity index (χ1) is 5.52. The summed E-state index contributed by atoms with van der Waals surface area (Å²) in [5.41, 5.74) is 1.20. The Morgan fingerprint density at radius 1 is 1.42 bits per heavy atom. The molecule has 2 atom stereocenters. The summed E-state index contributed by atoms with van der Waals surface area (Å²) < 4.78 is 0. The summed E-state index contributed by atoms with van der Waals surface area (Å²) >= 11 is 0. The van der Waals surface area contributed by atoms with Crippen LogP contribution in [-0.2, 0) is 0 Å². The molecule has 0 aromatic rings. The third kappa shape index (κ3) is 1.82. The van der Waals surface area contributed by atoms with E-state index in [1.807, 2.05) is 0 Å². The van der Waals surface area contributed by atoms with Crippen molar-refractivity contribution in [3.05, 3.63) is 11.3 Å². The van der Waals surface area contributed by atoms with E-state index in [1.165, 1.54) is 5.57 Å². The number of hydrogen-bond acceptors (Lipinski definition) is 1. The lowest BCUT2D eigenvalue weighted by Gasteiger charge is -2.30. The van der Waals surface area contributed by atoms with Gasteiger partial charge in [-0.25, -0.2) is 0 Å². The van der Waals surface area contributed by atoms with Crippen LogP contribution < -0.4 is 0 Å². The molecular formula is C11H20O. The molecule has 0 aliphatic heterocycles. The summed E-state index contributed by atoms with van der Waals surface area (Å²) in [6.45, 7) is 8.70. The van der Waals surface area contributed by atoms with Gasteiger partial charge in [-0.15, -0.1) is 0 Å². The number of allylic oxidation sites excluding steroid dienone is 2. The fourth-order valence-corrected chi connectivity index (χ4v) is 2.16. The van der Waals surface area contributed by atoms with E-state index in [2.05, 4.69) is 27.7 Å².